The minimum absolute atomic E-state index is 0.0715. The second-order valence-electron chi connectivity index (χ2n) is 8.68. The SMILES string of the molecule is CC(C)[C@@H](NC(=O)c1ccc(NC(=O)OCC2c3ccccc3-c3ccccc32)c(Cl)c1)C(=O)O. The van der Waals surface area contributed by atoms with Crippen molar-refractivity contribution in [1.82, 2.24) is 5.32 Å². The molecule has 180 valence electrons. The third-order valence-electron chi connectivity index (χ3n) is 6.03. The monoisotopic (exact) mass is 492 g/mol. The largest absolute Gasteiger partial charge is 0.480 e. The molecule has 0 spiro atoms. The molecule has 0 fully saturated rings. The number of anilines is 1. The van der Waals surface area contributed by atoms with Crippen molar-refractivity contribution in [2.45, 2.75) is 25.8 Å². The number of hydrogen-bond acceptors (Lipinski definition) is 4. The zero-order valence-corrected chi connectivity index (χ0v) is 20.0. The first kappa shape index (κ1) is 24.3. The van der Waals surface area contributed by atoms with E-state index in [-0.39, 0.29) is 34.7 Å². The minimum Gasteiger partial charge on any atom is -0.480 e. The summed E-state index contributed by atoms with van der Waals surface area (Å²) in [4.78, 5) is 36.3. The third kappa shape index (κ3) is 5.15. The topological polar surface area (TPSA) is 105 Å². The molecule has 3 aromatic rings. The van der Waals surface area contributed by atoms with Gasteiger partial charge in [-0.25, -0.2) is 9.59 Å². The summed E-state index contributed by atoms with van der Waals surface area (Å²) in [5, 5.41) is 14.5. The van der Waals surface area contributed by atoms with Crippen LogP contribution in [0, 0.1) is 5.92 Å². The number of halogens is 1. The van der Waals surface area contributed by atoms with Crippen molar-refractivity contribution < 1.29 is 24.2 Å². The Bertz CT molecular complexity index is 1240. The summed E-state index contributed by atoms with van der Waals surface area (Å²) in [7, 11) is 0. The van der Waals surface area contributed by atoms with E-state index in [0.29, 0.717) is 0 Å². The molecule has 0 aliphatic heterocycles. The van der Waals surface area contributed by atoms with Gasteiger partial charge < -0.3 is 15.2 Å². The Morgan fingerprint density at radius 2 is 1.57 bits per heavy atom. The van der Waals surface area contributed by atoms with Crippen molar-refractivity contribution in [2.75, 3.05) is 11.9 Å². The molecule has 3 aromatic carbocycles. The zero-order chi connectivity index (χ0) is 25.1. The number of carbonyl (C=O) groups excluding carboxylic acids is 2. The van der Waals surface area contributed by atoms with Crippen LogP contribution in [-0.4, -0.2) is 35.7 Å². The number of aliphatic carboxylic acids is 1. The van der Waals surface area contributed by atoms with E-state index in [1.807, 2.05) is 36.4 Å². The van der Waals surface area contributed by atoms with Crippen LogP contribution in [0.15, 0.2) is 66.7 Å². The van der Waals surface area contributed by atoms with Crippen LogP contribution in [0.5, 0.6) is 0 Å². The summed E-state index contributed by atoms with van der Waals surface area (Å²) in [6, 6.07) is 19.4. The molecule has 0 aromatic heterocycles. The van der Waals surface area contributed by atoms with E-state index < -0.39 is 24.0 Å². The lowest BCUT2D eigenvalue weighted by molar-refractivity contribution is -0.140. The van der Waals surface area contributed by atoms with Crippen LogP contribution in [0.4, 0.5) is 10.5 Å². The lowest BCUT2D eigenvalue weighted by atomic mass is 9.98. The van der Waals surface area contributed by atoms with Crippen molar-refractivity contribution in [3.63, 3.8) is 0 Å². The molecule has 0 unspecified atom stereocenters. The molecule has 3 N–H and O–H groups in total. The van der Waals surface area contributed by atoms with E-state index in [9.17, 15) is 19.5 Å². The molecule has 8 heteroatoms. The number of carbonyl (C=O) groups is 3. The summed E-state index contributed by atoms with van der Waals surface area (Å²) < 4.78 is 5.53. The molecule has 1 atom stereocenters. The Balaban J connectivity index is 1.40. The molecule has 0 radical (unpaired) electrons. The standard InChI is InChI=1S/C27H25ClN2O5/c1-15(2)24(26(32)33)30-25(31)16-11-12-23(22(28)13-16)29-27(34)35-14-21-19-9-5-3-7-17(19)18-8-4-6-10-20(18)21/h3-13,15,21,24H,14H2,1-2H3,(H,29,34)(H,30,31)(H,32,33)/t24-/m1/s1. The summed E-state index contributed by atoms with van der Waals surface area (Å²) >= 11 is 6.27. The number of benzene rings is 3. The minimum atomic E-state index is -1.12. The van der Waals surface area contributed by atoms with Gasteiger partial charge in [-0.2, -0.15) is 0 Å². The molecular weight excluding hydrogens is 468 g/mol. The van der Waals surface area contributed by atoms with Gasteiger partial charge in [0.1, 0.15) is 12.6 Å². The maximum atomic E-state index is 12.5. The second-order valence-corrected chi connectivity index (χ2v) is 9.09. The van der Waals surface area contributed by atoms with Gasteiger partial charge in [-0.15, -0.1) is 0 Å². The van der Waals surface area contributed by atoms with E-state index in [2.05, 4.69) is 22.8 Å². The number of nitrogens with one attached hydrogen (secondary N) is 2. The van der Waals surface area contributed by atoms with Crippen molar-refractivity contribution in [2.24, 2.45) is 5.92 Å². The van der Waals surface area contributed by atoms with Gasteiger partial charge in [-0.05, 0) is 46.4 Å². The molecule has 2 amide bonds. The predicted molar refractivity (Wildman–Crippen MR) is 134 cm³/mol. The highest BCUT2D eigenvalue weighted by molar-refractivity contribution is 6.34. The van der Waals surface area contributed by atoms with E-state index in [1.54, 1.807) is 13.8 Å². The van der Waals surface area contributed by atoms with E-state index >= 15 is 0 Å². The Morgan fingerprint density at radius 1 is 0.971 bits per heavy atom. The van der Waals surface area contributed by atoms with Crippen molar-refractivity contribution in [3.8, 4) is 11.1 Å². The number of amides is 2. The molecule has 0 saturated heterocycles. The van der Waals surface area contributed by atoms with Crippen molar-refractivity contribution in [1.29, 1.82) is 0 Å². The van der Waals surface area contributed by atoms with Crippen molar-refractivity contribution >= 4 is 35.3 Å². The summed E-state index contributed by atoms with van der Waals surface area (Å²) in [6.45, 7) is 3.56. The fraction of sp³-hybridized carbons (Fsp3) is 0.222. The van der Waals surface area contributed by atoms with Crippen LogP contribution in [0.1, 0.15) is 41.3 Å². The molecule has 35 heavy (non-hydrogen) atoms. The van der Waals surface area contributed by atoms with E-state index in [4.69, 9.17) is 16.3 Å². The fourth-order valence-corrected chi connectivity index (χ4v) is 4.47. The molecule has 7 nitrogen and oxygen atoms in total. The average molecular weight is 493 g/mol. The van der Waals surface area contributed by atoms with Crippen LogP contribution in [0.3, 0.4) is 0 Å². The van der Waals surface area contributed by atoms with E-state index in [0.717, 1.165) is 22.3 Å². The van der Waals surface area contributed by atoms with Gasteiger partial charge in [-0.1, -0.05) is 74.0 Å². The molecule has 4 rings (SSSR count). The Kier molecular flexibility index (Phi) is 7.07. The number of ether oxygens (including phenoxy) is 1. The van der Waals surface area contributed by atoms with Crippen LogP contribution >= 0.6 is 11.6 Å². The van der Waals surface area contributed by atoms with Gasteiger partial charge in [0.05, 0.1) is 10.7 Å². The number of fused-ring (bicyclic) bond motifs is 3. The summed E-state index contributed by atoms with van der Waals surface area (Å²) in [5.41, 5.74) is 4.94. The summed E-state index contributed by atoms with van der Waals surface area (Å²) in [6.07, 6.45) is -0.670. The first-order valence-corrected chi connectivity index (χ1v) is 11.6. The molecule has 1 aliphatic carbocycles. The third-order valence-corrected chi connectivity index (χ3v) is 6.34. The van der Waals surface area contributed by atoms with Gasteiger partial charge in [0.2, 0.25) is 0 Å². The van der Waals surface area contributed by atoms with Gasteiger partial charge in [0.15, 0.2) is 0 Å². The zero-order valence-electron chi connectivity index (χ0n) is 19.2. The molecule has 0 heterocycles. The van der Waals surface area contributed by atoms with Gasteiger partial charge >= 0.3 is 12.1 Å². The number of carboxylic acid groups (broad SMARTS) is 1. The predicted octanol–water partition coefficient (Wildman–Crippen LogP) is 5.54. The fourth-order valence-electron chi connectivity index (χ4n) is 4.24. The van der Waals surface area contributed by atoms with Crippen molar-refractivity contribution in [3.05, 3.63) is 88.4 Å². The Hall–Kier alpha value is -3.84. The molecular formula is C27H25ClN2O5. The maximum Gasteiger partial charge on any atom is 0.411 e. The van der Waals surface area contributed by atoms with Gasteiger partial charge in [-0.3, -0.25) is 10.1 Å². The maximum absolute atomic E-state index is 12.5. The lowest BCUT2D eigenvalue weighted by Gasteiger charge is -2.18. The quantitative estimate of drug-likeness (QED) is 0.401. The van der Waals surface area contributed by atoms with E-state index in [1.165, 1.54) is 18.2 Å². The Labute approximate surface area is 208 Å². The highest BCUT2D eigenvalue weighted by Gasteiger charge is 2.29. The highest BCUT2D eigenvalue weighted by atomic mass is 35.5. The number of hydrogen-bond donors (Lipinski definition) is 3. The van der Waals surface area contributed by atoms with Gasteiger partial charge in [0.25, 0.3) is 5.91 Å². The molecule has 1 aliphatic rings. The Morgan fingerprint density at radius 3 is 2.11 bits per heavy atom. The first-order chi connectivity index (χ1) is 16.8. The smallest absolute Gasteiger partial charge is 0.411 e. The van der Waals surface area contributed by atoms with Crippen LogP contribution in [0.2, 0.25) is 5.02 Å². The lowest BCUT2D eigenvalue weighted by Crippen LogP contribution is -2.44. The normalized spacial score (nSPS) is 13.0. The number of rotatable bonds is 7. The first-order valence-electron chi connectivity index (χ1n) is 11.2. The second kappa shape index (κ2) is 10.2. The molecule has 0 saturated carbocycles. The van der Waals surface area contributed by atoms with Crippen LogP contribution in [-0.2, 0) is 9.53 Å². The number of carboxylic acids is 1. The van der Waals surface area contributed by atoms with Crippen LogP contribution < -0.4 is 10.6 Å². The summed E-state index contributed by atoms with van der Waals surface area (Å²) in [5.74, 6) is -2.05. The highest BCUT2D eigenvalue weighted by Crippen LogP contribution is 2.44. The van der Waals surface area contributed by atoms with Crippen LogP contribution in [0.25, 0.3) is 11.1 Å². The average Bonchev–Trinajstić information content (AvgIpc) is 3.15. The van der Waals surface area contributed by atoms with Gasteiger partial charge in [0, 0.05) is 11.5 Å². The molecule has 0 bridgehead atoms.